The van der Waals surface area contributed by atoms with Gasteiger partial charge in [0.1, 0.15) is 0 Å². The lowest BCUT2D eigenvalue weighted by atomic mass is 9.97. The number of anilines is 1. The first kappa shape index (κ1) is 23.4. The van der Waals surface area contributed by atoms with Crippen LogP contribution in [0.15, 0.2) is 24.3 Å². The molecule has 1 unspecified atom stereocenters. The van der Waals surface area contributed by atoms with Crippen LogP contribution in [0.5, 0.6) is 0 Å². The van der Waals surface area contributed by atoms with Gasteiger partial charge in [0.2, 0.25) is 5.91 Å². The molecule has 3 amide bonds. The Morgan fingerprint density at radius 3 is 2.76 bits per heavy atom. The van der Waals surface area contributed by atoms with E-state index in [1.807, 2.05) is 31.2 Å². The second kappa shape index (κ2) is 12.0. The number of hydrogen-bond donors (Lipinski definition) is 3. The molecule has 2 saturated heterocycles. The SMILES string of the molecule is Cc1cccc(NC(=O)N2CCCC(C(=O)NCCCN3CCNCC3)C2)c1.Cl. The van der Waals surface area contributed by atoms with Crippen molar-refractivity contribution in [3.05, 3.63) is 29.8 Å². The molecule has 3 rings (SSSR count). The molecule has 1 atom stereocenters. The van der Waals surface area contributed by atoms with Crippen molar-refractivity contribution in [2.24, 2.45) is 5.92 Å². The van der Waals surface area contributed by atoms with E-state index >= 15 is 0 Å². The Hall–Kier alpha value is -1.83. The van der Waals surface area contributed by atoms with Crippen molar-refractivity contribution in [2.75, 3.05) is 57.7 Å². The highest BCUT2D eigenvalue weighted by Gasteiger charge is 2.28. The van der Waals surface area contributed by atoms with Gasteiger partial charge in [-0.25, -0.2) is 4.79 Å². The number of rotatable bonds is 6. The third-order valence-corrected chi connectivity index (χ3v) is 5.51. The fourth-order valence-corrected chi connectivity index (χ4v) is 3.89. The molecule has 0 radical (unpaired) electrons. The highest BCUT2D eigenvalue weighted by Crippen LogP contribution is 2.18. The summed E-state index contributed by atoms with van der Waals surface area (Å²) >= 11 is 0. The Labute approximate surface area is 180 Å². The Kier molecular flexibility index (Phi) is 9.70. The number of piperidine rings is 1. The first-order valence-corrected chi connectivity index (χ1v) is 10.5. The van der Waals surface area contributed by atoms with Crippen molar-refractivity contribution >= 4 is 30.0 Å². The molecular formula is C21H34ClN5O2. The summed E-state index contributed by atoms with van der Waals surface area (Å²) in [6.45, 7) is 9.18. The van der Waals surface area contributed by atoms with Crippen LogP contribution in [0.25, 0.3) is 0 Å². The lowest BCUT2D eigenvalue weighted by molar-refractivity contribution is -0.126. The molecule has 2 aliphatic heterocycles. The molecule has 162 valence electrons. The van der Waals surface area contributed by atoms with Gasteiger partial charge in [0.15, 0.2) is 0 Å². The molecule has 2 heterocycles. The van der Waals surface area contributed by atoms with Gasteiger partial charge in [0, 0.05) is 51.5 Å². The third-order valence-electron chi connectivity index (χ3n) is 5.51. The fourth-order valence-electron chi connectivity index (χ4n) is 3.89. The van der Waals surface area contributed by atoms with Gasteiger partial charge in [0.25, 0.3) is 0 Å². The zero-order valence-corrected chi connectivity index (χ0v) is 18.1. The van der Waals surface area contributed by atoms with Gasteiger partial charge >= 0.3 is 6.03 Å². The Morgan fingerprint density at radius 1 is 1.21 bits per heavy atom. The molecule has 1 aromatic rings. The van der Waals surface area contributed by atoms with Crippen molar-refractivity contribution in [3.8, 4) is 0 Å². The summed E-state index contributed by atoms with van der Waals surface area (Å²) in [4.78, 5) is 29.3. The summed E-state index contributed by atoms with van der Waals surface area (Å²) in [7, 11) is 0. The Morgan fingerprint density at radius 2 is 2.00 bits per heavy atom. The van der Waals surface area contributed by atoms with E-state index in [0.717, 1.165) is 63.2 Å². The fraction of sp³-hybridized carbons (Fsp3) is 0.619. The van der Waals surface area contributed by atoms with Crippen LogP contribution in [0.1, 0.15) is 24.8 Å². The molecule has 0 aromatic heterocycles. The Balaban J connectivity index is 0.00000300. The van der Waals surface area contributed by atoms with Crippen LogP contribution in [0, 0.1) is 12.8 Å². The van der Waals surface area contributed by atoms with Gasteiger partial charge in [-0.1, -0.05) is 12.1 Å². The quantitative estimate of drug-likeness (QED) is 0.612. The molecular weight excluding hydrogens is 390 g/mol. The van der Waals surface area contributed by atoms with Crippen LogP contribution in [-0.2, 0) is 4.79 Å². The number of carbonyl (C=O) groups is 2. The van der Waals surface area contributed by atoms with Crippen molar-refractivity contribution in [2.45, 2.75) is 26.2 Å². The number of hydrogen-bond acceptors (Lipinski definition) is 4. The molecule has 0 aliphatic carbocycles. The van der Waals surface area contributed by atoms with E-state index in [1.54, 1.807) is 4.90 Å². The van der Waals surface area contributed by atoms with Gasteiger partial charge < -0.3 is 25.8 Å². The number of nitrogens with one attached hydrogen (secondary N) is 3. The molecule has 29 heavy (non-hydrogen) atoms. The zero-order valence-electron chi connectivity index (χ0n) is 17.3. The number of amides is 3. The molecule has 0 spiro atoms. The molecule has 3 N–H and O–H groups in total. The lowest BCUT2D eigenvalue weighted by Crippen LogP contribution is -2.47. The summed E-state index contributed by atoms with van der Waals surface area (Å²) < 4.78 is 0. The lowest BCUT2D eigenvalue weighted by Gasteiger charge is -2.32. The minimum absolute atomic E-state index is 0. The molecule has 0 bridgehead atoms. The average Bonchev–Trinajstić information content (AvgIpc) is 2.72. The molecule has 1 aromatic carbocycles. The maximum atomic E-state index is 12.6. The van der Waals surface area contributed by atoms with Gasteiger partial charge in [0.05, 0.1) is 5.92 Å². The second-order valence-electron chi connectivity index (χ2n) is 7.82. The summed E-state index contributed by atoms with van der Waals surface area (Å²) in [5.41, 5.74) is 1.90. The summed E-state index contributed by atoms with van der Waals surface area (Å²) in [5.74, 6) is -0.0374. The van der Waals surface area contributed by atoms with E-state index < -0.39 is 0 Å². The van der Waals surface area contributed by atoms with Crippen molar-refractivity contribution in [3.63, 3.8) is 0 Å². The number of nitrogens with zero attached hydrogens (tertiary/aromatic N) is 2. The highest BCUT2D eigenvalue weighted by atomic mass is 35.5. The topological polar surface area (TPSA) is 76.7 Å². The van der Waals surface area contributed by atoms with Crippen LogP contribution >= 0.6 is 12.4 Å². The monoisotopic (exact) mass is 423 g/mol. The van der Waals surface area contributed by atoms with Crippen LogP contribution in [-0.4, -0.2) is 74.1 Å². The minimum Gasteiger partial charge on any atom is -0.356 e. The van der Waals surface area contributed by atoms with E-state index in [1.165, 1.54) is 0 Å². The second-order valence-corrected chi connectivity index (χ2v) is 7.82. The first-order valence-electron chi connectivity index (χ1n) is 10.5. The zero-order chi connectivity index (χ0) is 19.8. The number of aryl methyl sites for hydroxylation is 1. The predicted octanol–water partition coefficient (Wildman–Crippen LogP) is 2.07. The third kappa shape index (κ3) is 7.49. The largest absolute Gasteiger partial charge is 0.356 e. The van der Waals surface area contributed by atoms with Crippen molar-refractivity contribution < 1.29 is 9.59 Å². The van der Waals surface area contributed by atoms with Gasteiger partial charge in [-0.3, -0.25) is 4.79 Å². The average molecular weight is 424 g/mol. The smallest absolute Gasteiger partial charge is 0.321 e. The number of piperazine rings is 1. The van der Waals surface area contributed by atoms with Gasteiger partial charge in [-0.05, 0) is 50.4 Å². The van der Waals surface area contributed by atoms with Crippen LogP contribution in [0.2, 0.25) is 0 Å². The maximum absolute atomic E-state index is 12.6. The predicted molar refractivity (Wildman–Crippen MR) is 119 cm³/mol. The summed E-state index contributed by atoms with van der Waals surface area (Å²) in [6, 6.07) is 7.64. The van der Waals surface area contributed by atoms with E-state index in [9.17, 15) is 9.59 Å². The standard InChI is InChI=1S/C21H33N5O2.ClH/c1-17-5-2-7-19(15-17)24-21(28)26-12-3-6-18(16-26)20(27)23-8-4-11-25-13-9-22-10-14-25;/h2,5,7,15,18,22H,3-4,6,8-14,16H2,1H3,(H,23,27)(H,24,28);1H. The van der Waals surface area contributed by atoms with Crippen LogP contribution < -0.4 is 16.0 Å². The van der Waals surface area contributed by atoms with Gasteiger partial charge in [-0.2, -0.15) is 0 Å². The number of halogens is 1. The van der Waals surface area contributed by atoms with Crippen LogP contribution in [0.4, 0.5) is 10.5 Å². The minimum atomic E-state index is -0.123. The van der Waals surface area contributed by atoms with Crippen molar-refractivity contribution in [1.29, 1.82) is 0 Å². The maximum Gasteiger partial charge on any atom is 0.321 e. The molecule has 2 fully saturated rings. The highest BCUT2D eigenvalue weighted by molar-refractivity contribution is 5.90. The van der Waals surface area contributed by atoms with E-state index in [4.69, 9.17) is 0 Å². The van der Waals surface area contributed by atoms with E-state index in [2.05, 4.69) is 20.9 Å². The molecule has 2 aliphatic rings. The normalized spacial score (nSPS) is 19.9. The molecule has 0 saturated carbocycles. The summed E-state index contributed by atoms with van der Waals surface area (Å²) in [6.07, 6.45) is 2.67. The van der Waals surface area contributed by atoms with Gasteiger partial charge in [-0.15, -0.1) is 12.4 Å². The number of urea groups is 1. The number of carbonyl (C=O) groups excluding carboxylic acids is 2. The van der Waals surface area contributed by atoms with Crippen LogP contribution in [0.3, 0.4) is 0 Å². The van der Waals surface area contributed by atoms with E-state index in [-0.39, 0.29) is 30.3 Å². The van der Waals surface area contributed by atoms with Crippen molar-refractivity contribution in [1.82, 2.24) is 20.4 Å². The number of benzene rings is 1. The number of likely N-dealkylation sites (tertiary alicyclic amines) is 1. The van der Waals surface area contributed by atoms with E-state index in [0.29, 0.717) is 19.6 Å². The summed E-state index contributed by atoms with van der Waals surface area (Å²) in [5, 5.41) is 9.36. The first-order chi connectivity index (χ1) is 13.6. The Bertz CT molecular complexity index is 666. The molecule has 8 heteroatoms. The molecule has 7 nitrogen and oxygen atoms in total.